The Morgan fingerprint density at radius 3 is 2.73 bits per heavy atom. The molecular formula is C21H22F3N7O2. The van der Waals surface area contributed by atoms with E-state index in [9.17, 15) is 22.8 Å². The van der Waals surface area contributed by atoms with E-state index in [-0.39, 0.29) is 47.2 Å². The normalized spacial score (nSPS) is 23.5. The highest BCUT2D eigenvalue weighted by atomic mass is 19.3. The maximum atomic E-state index is 13.6. The average Bonchev–Trinajstić information content (AvgIpc) is 3.19. The summed E-state index contributed by atoms with van der Waals surface area (Å²) in [6.07, 6.45) is 2.52. The van der Waals surface area contributed by atoms with Crippen LogP contribution in [0.1, 0.15) is 42.1 Å². The van der Waals surface area contributed by atoms with Crippen LogP contribution in [0.15, 0.2) is 35.4 Å². The first-order valence-corrected chi connectivity index (χ1v) is 10.6. The van der Waals surface area contributed by atoms with Gasteiger partial charge in [0.1, 0.15) is 29.1 Å². The number of carbonyl (C=O) groups is 1. The second-order valence-electron chi connectivity index (χ2n) is 8.38. The van der Waals surface area contributed by atoms with Crippen molar-refractivity contribution in [1.82, 2.24) is 24.5 Å². The van der Waals surface area contributed by atoms with Crippen molar-refractivity contribution in [2.45, 2.75) is 49.9 Å². The van der Waals surface area contributed by atoms with Crippen LogP contribution in [0.3, 0.4) is 0 Å². The number of fused-ring (bicyclic) bond motifs is 1. The molecule has 5 rings (SSSR count). The third-order valence-corrected chi connectivity index (χ3v) is 6.24. The highest BCUT2D eigenvalue weighted by Gasteiger charge is 2.49. The number of carbonyl (C=O) groups excluding carboxylic acids is 1. The number of anilines is 3. The molecule has 2 saturated carbocycles. The van der Waals surface area contributed by atoms with Gasteiger partial charge in [-0.2, -0.15) is 9.61 Å². The molecule has 3 aromatic heterocycles. The lowest BCUT2D eigenvalue weighted by molar-refractivity contribution is -0.102. The van der Waals surface area contributed by atoms with E-state index >= 15 is 0 Å². The fourth-order valence-electron chi connectivity index (χ4n) is 4.07. The second kappa shape index (κ2) is 7.78. The number of halogens is 3. The number of alkyl halides is 3. The van der Waals surface area contributed by atoms with Crippen molar-refractivity contribution in [3.63, 3.8) is 0 Å². The summed E-state index contributed by atoms with van der Waals surface area (Å²) in [5.41, 5.74) is 0.0888. The van der Waals surface area contributed by atoms with Crippen molar-refractivity contribution in [2.75, 3.05) is 17.7 Å². The van der Waals surface area contributed by atoms with Gasteiger partial charge in [-0.3, -0.25) is 9.59 Å². The topological polar surface area (TPSA) is 105 Å². The maximum absolute atomic E-state index is 13.6. The third-order valence-electron chi connectivity index (χ3n) is 6.24. The molecule has 12 heteroatoms. The van der Waals surface area contributed by atoms with E-state index in [0.717, 1.165) is 0 Å². The number of hydrogen-bond donors (Lipinski definition) is 3. The zero-order chi connectivity index (χ0) is 23.3. The van der Waals surface area contributed by atoms with Gasteiger partial charge in [-0.25, -0.2) is 18.2 Å². The lowest BCUT2D eigenvalue weighted by Crippen LogP contribution is -2.55. The molecule has 3 N–H and O–H groups in total. The summed E-state index contributed by atoms with van der Waals surface area (Å²) in [4.78, 5) is 29.9. The van der Waals surface area contributed by atoms with Gasteiger partial charge in [-0.15, -0.1) is 0 Å². The Morgan fingerprint density at radius 1 is 1.30 bits per heavy atom. The summed E-state index contributed by atoms with van der Waals surface area (Å²) >= 11 is 0. The Morgan fingerprint density at radius 2 is 2.09 bits per heavy atom. The van der Waals surface area contributed by atoms with Crippen LogP contribution in [-0.2, 0) is 0 Å². The Hall–Kier alpha value is -3.57. The van der Waals surface area contributed by atoms with Gasteiger partial charge >= 0.3 is 0 Å². The number of hydrogen-bond acceptors (Lipinski definition) is 6. The molecule has 3 aromatic rings. The van der Waals surface area contributed by atoms with E-state index in [4.69, 9.17) is 0 Å². The molecular weight excluding hydrogens is 439 g/mol. The average molecular weight is 461 g/mol. The van der Waals surface area contributed by atoms with Crippen molar-refractivity contribution in [3.8, 4) is 0 Å². The number of nitrogens with one attached hydrogen (secondary N) is 3. The van der Waals surface area contributed by atoms with Crippen LogP contribution in [0, 0.1) is 0 Å². The maximum Gasteiger partial charge on any atom is 0.274 e. The smallest absolute Gasteiger partial charge is 0.274 e. The van der Waals surface area contributed by atoms with Crippen LogP contribution < -0.4 is 21.5 Å². The minimum absolute atomic E-state index is 0.0341. The monoisotopic (exact) mass is 461 g/mol. The molecule has 0 radical (unpaired) electrons. The highest BCUT2D eigenvalue weighted by molar-refractivity contribution is 6.00. The summed E-state index contributed by atoms with van der Waals surface area (Å²) < 4.78 is 43.3. The molecule has 0 bridgehead atoms. The molecule has 33 heavy (non-hydrogen) atoms. The number of amides is 1. The van der Waals surface area contributed by atoms with E-state index in [0.29, 0.717) is 18.7 Å². The Bertz CT molecular complexity index is 1280. The van der Waals surface area contributed by atoms with Gasteiger partial charge in [0.25, 0.3) is 17.4 Å². The van der Waals surface area contributed by atoms with Crippen LogP contribution in [0.25, 0.3) is 5.65 Å². The summed E-state index contributed by atoms with van der Waals surface area (Å²) in [6.45, 7) is 0. The Balaban J connectivity index is 1.46. The number of rotatable bonds is 6. The van der Waals surface area contributed by atoms with E-state index < -0.39 is 24.0 Å². The molecule has 0 aromatic carbocycles. The van der Waals surface area contributed by atoms with E-state index in [2.05, 4.69) is 26.0 Å². The molecule has 0 aliphatic heterocycles. The van der Waals surface area contributed by atoms with Gasteiger partial charge in [0, 0.05) is 31.8 Å². The van der Waals surface area contributed by atoms with Crippen molar-refractivity contribution in [1.29, 1.82) is 0 Å². The number of pyridine rings is 1. The zero-order valence-corrected chi connectivity index (χ0v) is 17.7. The number of nitrogens with zero attached hydrogens (tertiary/aromatic N) is 4. The first-order valence-electron chi connectivity index (χ1n) is 10.6. The Kier molecular flexibility index (Phi) is 5.02. The summed E-state index contributed by atoms with van der Waals surface area (Å²) in [5, 5.41) is 12.4. The fraction of sp³-hybridized carbons (Fsp3) is 0.429. The quantitative estimate of drug-likeness (QED) is 0.522. The first-order chi connectivity index (χ1) is 15.8. The molecule has 3 heterocycles. The predicted octanol–water partition coefficient (Wildman–Crippen LogP) is 2.88. The van der Waals surface area contributed by atoms with Gasteiger partial charge < -0.3 is 20.5 Å². The SMILES string of the molecule is CNc1cc(Nc2cccn(C3CC(F)C3)c2=O)nc2c(C(=O)NC3CCC3(F)F)cnn12. The molecule has 0 spiro atoms. The molecule has 2 aliphatic rings. The minimum Gasteiger partial charge on any atom is -0.373 e. The first kappa shape index (κ1) is 21.3. The van der Waals surface area contributed by atoms with E-state index in [1.807, 2.05) is 0 Å². The molecule has 174 valence electrons. The molecule has 9 nitrogen and oxygen atoms in total. The zero-order valence-electron chi connectivity index (χ0n) is 17.7. The predicted molar refractivity (Wildman–Crippen MR) is 115 cm³/mol. The molecule has 1 unspecified atom stereocenters. The van der Waals surface area contributed by atoms with E-state index in [1.165, 1.54) is 15.3 Å². The Labute approximate surface area is 186 Å². The van der Waals surface area contributed by atoms with Gasteiger partial charge in [-0.05, 0) is 31.4 Å². The van der Waals surface area contributed by atoms with Gasteiger partial charge in [-0.1, -0.05) is 0 Å². The van der Waals surface area contributed by atoms with Crippen molar-refractivity contribution < 1.29 is 18.0 Å². The van der Waals surface area contributed by atoms with Crippen molar-refractivity contribution >= 4 is 28.9 Å². The lowest BCUT2D eigenvalue weighted by atomic mass is 9.88. The molecule has 1 atom stereocenters. The minimum atomic E-state index is -2.93. The van der Waals surface area contributed by atoms with Gasteiger partial charge in [0.2, 0.25) is 0 Å². The van der Waals surface area contributed by atoms with Crippen LogP contribution >= 0.6 is 0 Å². The van der Waals surface area contributed by atoms with Crippen LogP contribution in [0.5, 0.6) is 0 Å². The summed E-state index contributed by atoms with van der Waals surface area (Å²) in [7, 11) is 1.65. The second-order valence-corrected chi connectivity index (χ2v) is 8.38. The van der Waals surface area contributed by atoms with E-state index in [1.54, 1.807) is 31.4 Å². The summed E-state index contributed by atoms with van der Waals surface area (Å²) in [6, 6.07) is 3.46. The van der Waals surface area contributed by atoms with Gasteiger partial charge in [0.15, 0.2) is 5.65 Å². The van der Waals surface area contributed by atoms with Crippen molar-refractivity contribution in [2.24, 2.45) is 0 Å². The lowest BCUT2D eigenvalue weighted by Gasteiger charge is -2.36. The fourth-order valence-corrected chi connectivity index (χ4v) is 4.07. The standard InChI is InChI=1S/C21H22F3N7O2/c1-25-17-9-16(27-14-3-2-6-30(20(14)33)12-7-11(22)8-12)29-18-13(10-26-31(17)18)19(32)28-15-4-5-21(15,23)24/h2-3,6,9-12,15,25H,4-5,7-8H2,1H3,(H,27,29)(H,28,32). The highest BCUT2D eigenvalue weighted by Crippen LogP contribution is 2.38. The molecule has 2 aliphatic carbocycles. The molecule has 0 saturated heterocycles. The molecule has 1 amide bonds. The molecule has 2 fully saturated rings. The van der Waals surface area contributed by atoms with Gasteiger partial charge in [0.05, 0.1) is 12.2 Å². The van der Waals surface area contributed by atoms with Crippen LogP contribution in [0.4, 0.5) is 30.5 Å². The third kappa shape index (κ3) is 3.68. The number of aromatic nitrogens is 4. The van der Waals surface area contributed by atoms with Crippen molar-refractivity contribution in [3.05, 3.63) is 46.5 Å². The summed E-state index contributed by atoms with van der Waals surface area (Å²) in [5.74, 6) is -2.91. The van der Waals surface area contributed by atoms with Crippen LogP contribution in [0.2, 0.25) is 0 Å². The largest absolute Gasteiger partial charge is 0.373 e. The van der Waals surface area contributed by atoms with Crippen LogP contribution in [-0.4, -0.2) is 50.3 Å².